The molecule has 4 aliphatic heterocycles. The fourth-order valence-electron chi connectivity index (χ4n) is 8.11. The third kappa shape index (κ3) is 8.29. The number of phenolic OH excluding ortho intramolecular Hbond substituents is 1. The number of hydrogen-bond donors (Lipinski definition) is 4. The van der Waals surface area contributed by atoms with Crippen LogP contribution >= 0.6 is 0 Å². The lowest BCUT2D eigenvalue weighted by Crippen LogP contribution is -2.54. The first-order chi connectivity index (χ1) is 25.9. The van der Waals surface area contributed by atoms with Crippen LogP contribution in [0.2, 0.25) is 0 Å². The van der Waals surface area contributed by atoms with Crippen molar-refractivity contribution < 1.29 is 14.6 Å². The maximum Gasteiger partial charge on any atom is 0.236 e. The normalized spacial score (nSPS) is 20.2. The maximum atomic E-state index is 13.3. The number of nitrogens with zero attached hydrogens (tertiary/aromatic N) is 6. The molecule has 4 aromatic rings. The summed E-state index contributed by atoms with van der Waals surface area (Å²) in [6.45, 7) is 8.96. The number of hydrogen-bond acceptors (Lipinski definition) is 11. The number of piperazine rings is 1. The van der Waals surface area contributed by atoms with Crippen molar-refractivity contribution in [2.24, 2.45) is 0 Å². The Balaban J connectivity index is 0.767. The van der Waals surface area contributed by atoms with Gasteiger partial charge in [0.05, 0.1) is 31.0 Å². The molecule has 0 saturated carbocycles. The van der Waals surface area contributed by atoms with Gasteiger partial charge in [-0.15, -0.1) is 10.2 Å². The number of ether oxygens (including phenoxy) is 1. The Hall–Kier alpha value is -5.07. The van der Waals surface area contributed by atoms with Crippen molar-refractivity contribution in [3.63, 3.8) is 0 Å². The van der Waals surface area contributed by atoms with E-state index in [-0.39, 0.29) is 17.8 Å². The minimum atomic E-state index is 0.0118. The Bertz CT molecular complexity index is 1850. The Kier molecular flexibility index (Phi) is 10.5. The van der Waals surface area contributed by atoms with E-state index in [1.165, 1.54) is 24.1 Å². The molecule has 1 unspecified atom stereocenters. The average Bonchev–Trinajstić information content (AvgIpc) is 3.18. The first-order valence-corrected chi connectivity index (χ1v) is 19.2. The molecule has 4 fully saturated rings. The summed E-state index contributed by atoms with van der Waals surface area (Å²) < 4.78 is 6.36. The number of rotatable bonds is 10. The Morgan fingerprint density at radius 1 is 0.887 bits per heavy atom. The SMILES string of the molecule is Nc1nnc(-c2ccccc2O)cc1N1CC(Oc2cccc(N3CCN(C(=O)CN4CCC(c5ccc(NC6CCCNC6)cc5)CC4)CC3)c2)C1. The highest BCUT2D eigenvalue weighted by molar-refractivity contribution is 5.78. The van der Waals surface area contributed by atoms with E-state index in [0.29, 0.717) is 48.7 Å². The number of nitrogen functional groups attached to an aromatic ring is 1. The van der Waals surface area contributed by atoms with Crippen molar-refractivity contribution in [3.05, 3.63) is 84.4 Å². The van der Waals surface area contributed by atoms with Gasteiger partial charge in [0.2, 0.25) is 5.91 Å². The summed E-state index contributed by atoms with van der Waals surface area (Å²) in [6.07, 6.45) is 4.65. The van der Waals surface area contributed by atoms with Gasteiger partial charge in [0.1, 0.15) is 17.6 Å². The zero-order chi connectivity index (χ0) is 36.1. The van der Waals surface area contributed by atoms with Crippen molar-refractivity contribution >= 4 is 28.8 Å². The lowest BCUT2D eigenvalue weighted by Gasteiger charge is -2.41. The molecule has 4 saturated heterocycles. The van der Waals surface area contributed by atoms with Crippen molar-refractivity contribution in [3.8, 4) is 22.8 Å². The van der Waals surface area contributed by atoms with Crippen LogP contribution in [-0.2, 0) is 4.79 Å². The molecule has 12 heteroatoms. The zero-order valence-electron chi connectivity index (χ0n) is 30.4. The van der Waals surface area contributed by atoms with E-state index in [4.69, 9.17) is 10.5 Å². The topological polar surface area (TPSA) is 135 Å². The molecule has 0 radical (unpaired) electrons. The van der Waals surface area contributed by atoms with Crippen molar-refractivity contribution in [1.82, 2.24) is 25.3 Å². The predicted molar refractivity (Wildman–Crippen MR) is 210 cm³/mol. The Labute approximate surface area is 311 Å². The van der Waals surface area contributed by atoms with Gasteiger partial charge in [-0.3, -0.25) is 9.69 Å². The molecule has 3 aromatic carbocycles. The zero-order valence-corrected chi connectivity index (χ0v) is 30.4. The molecule has 278 valence electrons. The lowest BCUT2D eigenvalue weighted by molar-refractivity contribution is -0.133. The highest BCUT2D eigenvalue weighted by Crippen LogP contribution is 2.34. The molecule has 12 nitrogen and oxygen atoms in total. The second-order valence-corrected chi connectivity index (χ2v) is 14.9. The van der Waals surface area contributed by atoms with Gasteiger partial charge in [-0.1, -0.05) is 30.3 Å². The number of nitrogens with two attached hydrogens (primary N) is 1. The monoisotopic (exact) mass is 717 g/mol. The van der Waals surface area contributed by atoms with Gasteiger partial charge in [-0.2, -0.15) is 0 Å². The smallest absolute Gasteiger partial charge is 0.236 e. The van der Waals surface area contributed by atoms with E-state index in [2.05, 4.69) is 71.9 Å². The molecule has 5 heterocycles. The molecule has 4 aliphatic rings. The maximum absolute atomic E-state index is 13.3. The first kappa shape index (κ1) is 35.0. The molecular formula is C41H51N9O3. The van der Waals surface area contributed by atoms with E-state index in [9.17, 15) is 9.90 Å². The summed E-state index contributed by atoms with van der Waals surface area (Å²) >= 11 is 0. The number of amides is 1. The first-order valence-electron chi connectivity index (χ1n) is 19.2. The molecule has 1 atom stereocenters. The number of para-hydroxylation sites is 1. The van der Waals surface area contributed by atoms with Gasteiger partial charge in [0, 0.05) is 61.8 Å². The van der Waals surface area contributed by atoms with Crippen molar-refractivity contribution in [1.29, 1.82) is 0 Å². The standard InChI is InChI=1S/C41H51N9O3/c42-41-38(24-37(45-46-41)36-8-1-2-9-39(36)51)50-26-35(27-50)53-34-7-3-6-33(23-34)48-19-21-49(22-20-48)40(52)28-47-17-14-30(15-18-47)29-10-12-31(13-11-29)44-32-5-4-16-43-25-32/h1-3,6-13,23-24,30,32,35,43-44,51H,4-5,14-22,25-28H2,(H2,42,46). The number of phenols is 1. The summed E-state index contributed by atoms with van der Waals surface area (Å²) in [5.74, 6) is 2.12. The van der Waals surface area contributed by atoms with Gasteiger partial charge >= 0.3 is 0 Å². The van der Waals surface area contributed by atoms with Crippen LogP contribution in [0.15, 0.2) is 78.9 Å². The fraction of sp³-hybridized carbons (Fsp3) is 0.439. The second kappa shape index (κ2) is 15.9. The number of nitrogens with one attached hydrogen (secondary N) is 2. The third-order valence-corrected chi connectivity index (χ3v) is 11.3. The molecule has 8 rings (SSSR count). The summed E-state index contributed by atoms with van der Waals surface area (Å²) in [5, 5.41) is 25.8. The number of likely N-dealkylation sites (tertiary alicyclic amines) is 1. The number of carbonyl (C=O) groups excluding carboxylic acids is 1. The minimum Gasteiger partial charge on any atom is -0.507 e. The third-order valence-electron chi connectivity index (χ3n) is 11.3. The highest BCUT2D eigenvalue weighted by Gasteiger charge is 2.32. The summed E-state index contributed by atoms with van der Waals surface area (Å²) in [6, 6.07) is 26.8. The summed E-state index contributed by atoms with van der Waals surface area (Å²) in [4.78, 5) is 22.2. The fourth-order valence-corrected chi connectivity index (χ4v) is 8.11. The predicted octanol–water partition coefficient (Wildman–Crippen LogP) is 4.39. The molecule has 1 aromatic heterocycles. The van der Waals surface area contributed by atoms with Crippen LogP contribution in [0.25, 0.3) is 11.3 Å². The number of anilines is 4. The molecular weight excluding hydrogens is 667 g/mol. The number of aromatic hydroxyl groups is 1. The van der Waals surface area contributed by atoms with Gasteiger partial charge < -0.3 is 40.9 Å². The second-order valence-electron chi connectivity index (χ2n) is 14.9. The quantitative estimate of drug-likeness (QED) is 0.186. The number of carbonyl (C=O) groups is 1. The molecule has 0 spiro atoms. The van der Waals surface area contributed by atoms with E-state index >= 15 is 0 Å². The van der Waals surface area contributed by atoms with Crippen LogP contribution in [-0.4, -0.2) is 115 Å². The van der Waals surface area contributed by atoms with Crippen LogP contribution in [0.3, 0.4) is 0 Å². The van der Waals surface area contributed by atoms with Crippen LogP contribution in [0.1, 0.15) is 37.2 Å². The number of piperidine rings is 2. The van der Waals surface area contributed by atoms with Crippen LogP contribution < -0.4 is 30.9 Å². The number of benzene rings is 3. The van der Waals surface area contributed by atoms with Gasteiger partial charge in [-0.25, -0.2) is 0 Å². The lowest BCUT2D eigenvalue weighted by atomic mass is 9.89. The van der Waals surface area contributed by atoms with Crippen LogP contribution in [0, 0.1) is 0 Å². The Morgan fingerprint density at radius 2 is 1.68 bits per heavy atom. The van der Waals surface area contributed by atoms with E-state index in [0.717, 1.165) is 82.3 Å². The van der Waals surface area contributed by atoms with E-state index < -0.39 is 0 Å². The summed E-state index contributed by atoms with van der Waals surface area (Å²) in [5.41, 5.74) is 11.9. The number of aromatic nitrogens is 2. The molecule has 5 N–H and O–H groups in total. The van der Waals surface area contributed by atoms with E-state index in [1.54, 1.807) is 12.1 Å². The van der Waals surface area contributed by atoms with Gasteiger partial charge in [-0.05, 0) is 99.3 Å². The van der Waals surface area contributed by atoms with Crippen LogP contribution in [0.4, 0.5) is 22.9 Å². The van der Waals surface area contributed by atoms with Crippen LogP contribution in [0.5, 0.6) is 11.5 Å². The minimum absolute atomic E-state index is 0.0118. The average molecular weight is 718 g/mol. The molecule has 0 bridgehead atoms. The Morgan fingerprint density at radius 3 is 2.43 bits per heavy atom. The van der Waals surface area contributed by atoms with Crippen molar-refractivity contribution in [2.75, 3.05) is 92.8 Å². The summed E-state index contributed by atoms with van der Waals surface area (Å²) in [7, 11) is 0. The molecule has 53 heavy (non-hydrogen) atoms. The largest absolute Gasteiger partial charge is 0.507 e. The van der Waals surface area contributed by atoms with Gasteiger partial charge in [0.25, 0.3) is 0 Å². The molecule has 0 aliphatic carbocycles. The van der Waals surface area contributed by atoms with Gasteiger partial charge in [0.15, 0.2) is 5.82 Å². The van der Waals surface area contributed by atoms with Crippen molar-refractivity contribution in [2.45, 2.75) is 43.7 Å². The highest BCUT2D eigenvalue weighted by atomic mass is 16.5. The molecule has 1 amide bonds. The van der Waals surface area contributed by atoms with E-state index in [1.807, 2.05) is 35.2 Å².